The molecule has 6 nitrogen and oxygen atoms in total. The van der Waals surface area contributed by atoms with E-state index >= 15 is 0 Å². The number of nitrogens with zero attached hydrogens (tertiary/aromatic N) is 2. The first-order valence-corrected chi connectivity index (χ1v) is 9.02. The molecule has 1 unspecified atom stereocenters. The summed E-state index contributed by atoms with van der Waals surface area (Å²) in [7, 11) is -3.65. The third kappa shape index (κ3) is 3.84. The lowest BCUT2D eigenvalue weighted by molar-refractivity contribution is 0.560. The maximum absolute atomic E-state index is 12.3. The van der Waals surface area contributed by atoms with Gasteiger partial charge in [0.05, 0.1) is 0 Å². The van der Waals surface area contributed by atoms with Gasteiger partial charge in [-0.25, -0.2) is 13.1 Å². The molecule has 0 saturated heterocycles. The molecule has 8 heteroatoms. The highest BCUT2D eigenvalue weighted by Crippen LogP contribution is 2.19. The SMILES string of the molecule is CCn1cc(S(=O)(=O)NC(C)Cc2ccc(C)s2)c(N)n1. The van der Waals surface area contributed by atoms with Crippen molar-refractivity contribution in [3.8, 4) is 0 Å². The van der Waals surface area contributed by atoms with Crippen molar-refractivity contribution in [3.63, 3.8) is 0 Å². The molecule has 0 fully saturated rings. The number of nitrogen functional groups attached to an aromatic ring is 1. The average Bonchev–Trinajstić information content (AvgIpc) is 2.95. The zero-order valence-electron chi connectivity index (χ0n) is 12.3. The summed E-state index contributed by atoms with van der Waals surface area (Å²) in [5.41, 5.74) is 5.69. The molecule has 0 aliphatic carbocycles. The van der Waals surface area contributed by atoms with Gasteiger partial charge in [0.25, 0.3) is 0 Å². The van der Waals surface area contributed by atoms with E-state index in [1.807, 2.05) is 32.9 Å². The Hall–Kier alpha value is -1.38. The third-order valence-electron chi connectivity index (χ3n) is 3.03. The Balaban J connectivity index is 2.11. The molecule has 0 aliphatic rings. The molecule has 3 N–H and O–H groups in total. The molecule has 0 amide bonds. The fourth-order valence-corrected chi connectivity index (χ4v) is 4.39. The van der Waals surface area contributed by atoms with Crippen molar-refractivity contribution >= 4 is 27.2 Å². The molecule has 2 rings (SSSR count). The van der Waals surface area contributed by atoms with Gasteiger partial charge in [-0.2, -0.15) is 5.10 Å². The van der Waals surface area contributed by atoms with Crippen LogP contribution in [0.5, 0.6) is 0 Å². The molecule has 0 bridgehead atoms. The predicted molar refractivity (Wildman–Crippen MR) is 84.9 cm³/mol. The second-order valence-corrected chi connectivity index (χ2v) is 8.03. The van der Waals surface area contributed by atoms with Crippen molar-refractivity contribution in [2.24, 2.45) is 0 Å². The number of hydrogen-bond donors (Lipinski definition) is 2. The van der Waals surface area contributed by atoms with Crippen LogP contribution in [0.25, 0.3) is 0 Å². The van der Waals surface area contributed by atoms with Gasteiger partial charge < -0.3 is 5.73 Å². The predicted octanol–water partition coefficient (Wildman–Crippen LogP) is 1.76. The molecular weight excluding hydrogens is 308 g/mol. The molecule has 2 aromatic heterocycles. The number of sulfonamides is 1. The van der Waals surface area contributed by atoms with Crippen molar-refractivity contribution in [2.75, 3.05) is 5.73 Å². The number of anilines is 1. The van der Waals surface area contributed by atoms with Crippen molar-refractivity contribution in [1.29, 1.82) is 0 Å². The van der Waals surface area contributed by atoms with E-state index in [0.29, 0.717) is 13.0 Å². The Morgan fingerprint density at radius 2 is 2.19 bits per heavy atom. The monoisotopic (exact) mass is 328 g/mol. The lowest BCUT2D eigenvalue weighted by Gasteiger charge is -2.12. The van der Waals surface area contributed by atoms with Crippen molar-refractivity contribution < 1.29 is 8.42 Å². The summed E-state index contributed by atoms with van der Waals surface area (Å²) in [6.45, 7) is 6.32. The maximum atomic E-state index is 12.3. The molecule has 2 aromatic rings. The molecule has 21 heavy (non-hydrogen) atoms. The van der Waals surface area contributed by atoms with Crippen molar-refractivity contribution in [3.05, 3.63) is 28.1 Å². The summed E-state index contributed by atoms with van der Waals surface area (Å²) >= 11 is 1.67. The molecule has 0 aliphatic heterocycles. The van der Waals surface area contributed by atoms with Crippen LogP contribution in [0.1, 0.15) is 23.6 Å². The Bertz CT molecular complexity index is 718. The van der Waals surface area contributed by atoms with E-state index in [1.165, 1.54) is 15.8 Å². The van der Waals surface area contributed by atoms with Gasteiger partial charge >= 0.3 is 0 Å². The van der Waals surface area contributed by atoms with Crippen LogP contribution in [0.15, 0.2) is 23.2 Å². The van der Waals surface area contributed by atoms with E-state index in [-0.39, 0.29) is 16.8 Å². The van der Waals surface area contributed by atoms with Crippen LogP contribution in [0.3, 0.4) is 0 Å². The topological polar surface area (TPSA) is 90.0 Å². The van der Waals surface area contributed by atoms with Crippen LogP contribution in [-0.2, 0) is 23.0 Å². The van der Waals surface area contributed by atoms with E-state index < -0.39 is 10.0 Å². The number of aromatic nitrogens is 2. The second-order valence-electron chi connectivity index (χ2n) is 4.97. The highest BCUT2D eigenvalue weighted by atomic mass is 32.2. The first-order valence-electron chi connectivity index (χ1n) is 6.72. The fraction of sp³-hybridized carbons (Fsp3) is 0.462. The first kappa shape index (κ1) is 16.0. The number of thiophene rings is 1. The van der Waals surface area contributed by atoms with Gasteiger partial charge in [0.1, 0.15) is 4.90 Å². The van der Waals surface area contributed by atoms with E-state index in [4.69, 9.17) is 5.73 Å². The van der Waals surface area contributed by atoms with Crippen LogP contribution in [0, 0.1) is 6.92 Å². The van der Waals surface area contributed by atoms with Crippen molar-refractivity contribution in [2.45, 2.75) is 44.7 Å². The fourth-order valence-electron chi connectivity index (χ4n) is 2.05. The van der Waals surface area contributed by atoms with Gasteiger partial charge in [-0.1, -0.05) is 0 Å². The molecule has 0 spiro atoms. The smallest absolute Gasteiger partial charge is 0.246 e. The molecule has 0 saturated carbocycles. The lowest BCUT2D eigenvalue weighted by atomic mass is 10.2. The molecule has 0 aromatic carbocycles. The minimum atomic E-state index is -3.65. The van der Waals surface area contributed by atoms with Crippen molar-refractivity contribution in [1.82, 2.24) is 14.5 Å². The Morgan fingerprint density at radius 3 is 2.71 bits per heavy atom. The number of nitrogens with one attached hydrogen (secondary N) is 1. The number of rotatable bonds is 6. The summed E-state index contributed by atoms with van der Waals surface area (Å²) in [6.07, 6.45) is 2.11. The van der Waals surface area contributed by atoms with Crippen LogP contribution in [-0.4, -0.2) is 24.2 Å². The first-order chi connectivity index (χ1) is 9.81. The molecular formula is C13H20N4O2S2. The van der Waals surface area contributed by atoms with E-state index in [2.05, 4.69) is 9.82 Å². The molecule has 0 radical (unpaired) electrons. The van der Waals surface area contributed by atoms with Crippen LogP contribution in [0.2, 0.25) is 0 Å². The van der Waals surface area contributed by atoms with Gasteiger partial charge in [-0.15, -0.1) is 11.3 Å². The zero-order valence-corrected chi connectivity index (χ0v) is 14.0. The lowest BCUT2D eigenvalue weighted by Crippen LogP contribution is -2.34. The normalized spacial score (nSPS) is 13.5. The molecule has 1 atom stereocenters. The van der Waals surface area contributed by atoms with Gasteiger partial charge in [-0.05, 0) is 39.3 Å². The Labute approximate surface area is 129 Å². The number of aryl methyl sites for hydroxylation is 2. The minimum Gasteiger partial charge on any atom is -0.381 e. The van der Waals surface area contributed by atoms with E-state index in [9.17, 15) is 8.42 Å². The highest BCUT2D eigenvalue weighted by molar-refractivity contribution is 7.89. The molecule has 2 heterocycles. The molecule has 116 valence electrons. The van der Waals surface area contributed by atoms with Crippen LogP contribution in [0.4, 0.5) is 5.82 Å². The summed E-state index contributed by atoms with van der Waals surface area (Å²) in [6, 6.07) is 3.84. The zero-order chi connectivity index (χ0) is 15.6. The minimum absolute atomic E-state index is 0.0310. The Kier molecular flexibility index (Phi) is 4.70. The number of hydrogen-bond acceptors (Lipinski definition) is 5. The summed E-state index contributed by atoms with van der Waals surface area (Å²) in [4.78, 5) is 2.41. The standard InChI is InChI=1S/C13H20N4O2S2/c1-4-17-8-12(13(14)15-17)21(18,19)16-9(2)7-11-6-5-10(3)20-11/h5-6,8-9,16H,4,7H2,1-3H3,(H2,14,15). The van der Waals surface area contributed by atoms with Crippen LogP contribution >= 0.6 is 11.3 Å². The maximum Gasteiger partial charge on any atom is 0.246 e. The second kappa shape index (κ2) is 6.17. The van der Waals surface area contributed by atoms with Crippen LogP contribution < -0.4 is 10.5 Å². The van der Waals surface area contributed by atoms with Gasteiger partial charge in [0.2, 0.25) is 10.0 Å². The summed E-state index contributed by atoms with van der Waals surface area (Å²) in [5.74, 6) is 0.0310. The van der Waals surface area contributed by atoms with Gasteiger partial charge in [0, 0.05) is 28.5 Å². The highest BCUT2D eigenvalue weighted by Gasteiger charge is 2.23. The average molecular weight is 328 g/mol. The Morgan fingerprint density at radius 1 is 1.48 bits per heavy atom. The quantitative estimate of drug-likeness (QED) is 0.845. The van der Waals surface area contributed by atoms with E-state index in [0.717, 1.165) is 4.88 Å². The summed E-state index contributed by atoms with van der Waals surface area (Å²) < 4.78 is 28.9. The van der Waals surface area contributed by atoms with Gasteiger partial charge in [-0.3, -0.25) is 4.68 Å². The van der Waals surface area contributed by atoms with Gasteiger partial charge in [0.15, 0.2) is 5.82 Å². The number of nitrogens with two attached hydrogens (primary N) is 1. The third-order valence-corrected chi connectivity index (χ3v) is 5.66. The van der Waals surface area contributed by atoms with E-state index in [1.54, 1.807) is 11.3 Å². The summed E-state index contributed by atoms with van der Waals surface area (Å²) in [5, 5.41) is 3.97. The largest absolute Gasteiger partial charge is 0.381 e.